The van der Waals surface area contributed by atoms with Gasteiger partial charge in [0.15, 0.2) is 0 Å². The molecular formula is C16H34. The van der Waals surface area contributed by atoms with Gasteiger partial charge in [-0.1, -0.05) is 74.1 Å². The highest BCUT2D eigenvalue weighted by atomic mass is 14.2. The molecule has 0 saturated carbocycles. The Kier molecular flexibility index (Phi) is 7.35. The van der Waals surface area contributed by atoms with E-state index in [1.54, 1.807) is 0 Å². The fourth-order valence-corrected chi connectivity index (χ4v) is 2.47. The van der Waals surface area contributed by atoms with E-state index in [1.807, 2.05) is 0 Å². The summed E-state index contributed by atoms with van der Waals surface area (Å²) < 4.78 is 0. The molecule has 98 valence electrons. The molecule has 0 heterocycles. The van der Waals surface area contributed by atoms with Crippen LogP contribution in [0.3, 0.4) is 0 Å². The molecule has 0 fully saturated rings. The van der Waals surface area contributed by atoms with Crippen LogP contribution in [0.4, 0.5) is 0 Å². The second-order valence-corrected chi connectivity index (χ2v) is 7.40. The highest BCUT2D eigenvalue weighted by molar-refractivity contribution is 4.70. The summed E-state index contributed by atoms with van der Waals surface area (Å²) in [5.74, 6) is 2.65. The molecule has 0 N–H and O–H groups in total. The quantitative estimate of drug-likeness (QED) is 0.473. The van der Waals surface area contributed by atoms with Crippen LogP contribution in [-0.2, 0) is 0 Å². The number of rotatable bonds is 7. The van der Waals surface area contributed by atoms with Crippen molar-refractivity contribution in [1.82, 2.24) is 0 Å². The normalized spacial score (nSPS) is 16.5. The van der Waals surface area contributed by atoms with Crippen LogP contribution >= 0.6 is 0 Å². The molecule has 0 aromatic rings. The summed E-state index contributed by atoms with van der Waals surface area (Å²) in [7, 11) is 0. The minimum absolute atomic E-state index is 0.492. The molecule has 0 aromatic carbocycles. The molecule has 0 aromatic heterocycles. The zero-order chi connectivity index (χ0) is 12.8. The predicted molar refractivity (Wildman–Crippen MR) is 75.7 cm³/mol. The molecule has 0 aliphatic heterocycles. The Morgan fingerprint density at radius 2 is 1.25 bits per heavy atom. The molecule has 0 nitrogen and oxygen atoms in total. The summed E-state index contributed by atoms with van der Waals surface area (Å²) in [6, 6.07) is 0. The van der Waals surface area contributed by atoms with Gasteiger partial charge in [-0.15, -0.1) is 0 Å². The first-order valence-electron chi connectivity index (χ1n) is 7.22. The Bertz CT molecular complexity index is 161. The van der Waals surface area contributed by atoms with Crippen LogP contribution in [0.1, 0.15) is 80.6 Å². The Hall–Kier alpha value is 0. The summed E-state index contributed by atoms with van der Waals surface area (Å²) in [5.41, 5.74) is 0.492. The van der Waals surface area contributed by atoms with Gasteiger partial charge in [0.25, 0.3) is 0 Å². The highest BCUT2D eigenvalue weighted by Gasteiger charge is 2.19. The van der Waals surface area contributed by atoms with E-state index in [1.165, 1.54) is 32.1 Å². The first kappa shape index (κ1) is 16.0. The number of hydrogen-bond donors (Lipinski definition) is 0. The maximum atomic E-state index is 2.44. The van der Waals surface area contributed by atoms with Crippen molar-refractivity contribution in [2.45, 2.75) is 80.6 Å². The van der Waals surface area contributed by atoms with E-state index in [-0.39, 0.29) is 0 Å². The standard InChI is InChI=1S/C16H34/c1-13(2)10-8-9-11-14(3)15(4)12-16(5,6)7/h13-15H,8-12H2,1-7H3. The fourth-order valence-electron chi connectivity index (χ4n) is 2.47. The SMILES string of the molecule is CC(C)CCCCC(C)C(C)CC(C)(C)C. The molecule has 0 aliphatic rings. The molecular weight excluding hydrogens is 192 g/mol. The molecule has 0 spiro atoms. The van der Waals surface area contributed by atoms with Crippen molar-refractivity contribution in [2.75, 3.05) is 0 Å². The lowest BCUT2D eigenvalue weighted by molar-refractivity contribution is 0.237. The van der Waals surface area contributed by atoms with Gasteiger partial charge in [0.1, 0.15) is 0 Å². The van der Waals surface area contributed by atoms with Crippen LogP contribution in [0.25, 0.3) is 0 Å². The number of hydrogen-bond acceptors (Lipinski definition) is 0. The zero-order valence-electron chi connectivity index (χ0n) is 12.8. The molecule has 0 heteroatoms. The van der Waals surface area contributed by atoms with Gasteiger partial charge in [-0.3, -0.25) is 0 Å². The Balaban J connectivity index is 3.67. The molecule has 0 bridgehead atoms. The van der Waals surface area contributed by atoms with Gasteiger partial charge in [0.05, 0.1) is 0 Å². The summed E-state index contributed by atoms with van der Waals surface area (Å²) in [6.45, 7) is 16.6. The first-order valence-corrected chi connectivity index (χ1v) is 7.22. The predicted octanol–water partition coefficient (Wildman–Crippen LogP) is 5.91. The third-order valence-corrected chi connectivity index (χ3v) is 3.60. The lowest BCUT2D eigenvalue weighted by atomic mass is 9.78. The van der Waals surface area contributed by atoms with Crippen LogP contribution in [0.5, 0.6) is 0 Å². The third-order valence-electron chi connectivity index (χ3n) is 3.60. The van der Waals surface area contributed by atoms with E-state index >= 15 is 0 Å². The van der Waals surface area contributed by atoms with Gasteiger partial charge in [-0.25, -0.2) is 0 Å². The van der Waals surface area contributed by atoms with Crippen molar-refractivity contribution in [2.24, 2.45) is 23.2 Å². The van der Waals surface area contributed by atoms with Crippen LogP contribution < -0.4 is 0 Å². The summed E-state index contributed by atoms with van der Waals surface area (Å²) in [5, 5.41) is 0. The zero-order valence-corrected chi connectivity index (χ0v) is 12.8. The van der Waals surface area contributed by atoms with E-state index in [9.17, 15) is 0 Å². The Morgan fingerprint density at radius 1 is 0.750 bits per heavy atom. The van der Waals surface area contributed by atoms with Gasteiger partial charge in [0, 0.05) is 0 Å². The molecule has 0 amide bonds. The van der Waals surface area contributed by atoms with Crippen molar-refractivity contribution < 1.29 is 0 Å². The van der Waals surface area contributed by atoms with Gasteiger partial charge in [0.2, 0.25) is 0 Å². The summed E-state index contributed by atoms with van der Waals surface area (Å²) in [6.07, 6.45) is 7.03. The van der Waals surface area contributed by atoms with E-state index in [2.05, 4.69) is 48.5 Å². The van der Waals surface area contributed by atoms with Gasteiger partial charge < -0.3 is 0 Å². The second-order valence-electron chi connectivity index (χ2n) is 7.40. The van der Waals surface area contributed by atoms with E-state index in [0.717, 1.165) is 17.8 Å². The first-order chi connectivity index (χ1) is 7.22. The van der Waals surface area contributed by atoms with Crippen molar-refractivity contribution >= 4 is 0 Å². The van der Waals surface area contributed by atoms with E-state index in [0.29, 0.717) is 5.41 Å². The smallest absolute Gasteiger partial charge is 0.0380 e. The van der Waals surface area contributed by atoms with E-state index < -0.39 is 0 Å². The summed E-state index contributed by atoms with van der Waals surface area (Å²) in [4.78, 5) is 0. The highest BCUT2D eigenvalue weighted by Crippen LogP contribution is 2.30. The van der Waals surface area contributed by atoms with Crippen molar-refractivity contribution in [3.05, 3.63) is 0 Å². The topological polar surface area (TPSA) is 0 Å². The van der Waals surface area contributed by atoms with E-state index in [4.69, 9.17) is 0 Å². The third kappa shape index (κ3) is 9.24. The van der Waals surface area contributed by atoms with Gasteiger partial charge in [-0.2, -0.15) is 0 Å². The maximum absolute atomic E-state index is 2.44. The number of unbranched alkanes of at least 4 members (excludes halogenated alkanes) is 1. The van der Waals surface area contributed by atoms with Crippen molar-refractivity contribution in [3.8, 4) is 0 Å². The average Bonchev–Trinajstić information content (AvgIpc) is 2.08. The maximum Gasteiger partial charge on any atom is -0.0380 e. The Labute approximate surface area is 104 Å². The fraction of sp³-hybridized carbons (Fsp3) is 1.00. The molecule has 2 unspecified atom stereocenters. The lowest BCUT2D eigenvalue weighted by Crippen LogP contribution is -2.16. The summed E-state index contributed by atoms with van der Waals surface area (Å²) >= 11 is 0. The second kappa shape index (κ2) is 7.35. The minimum Gasteiger partial charge on any atom is -0.0628 e. The van der Waals surface area contributed by atoms with Crippen LogP contribution in [-0.4, -0.2) is 0 Å². The minimum atomic E-state index is 0.492. The largest absolute Gasteiger partial charge is 0.0628 e. The molecule has 0 aliphatic carbocycles. The Morgan fingerprint density at radius 3 is 1.69 bits per heavy atom. The molecule has 0 saturated heterocycles. The molecule has 0 rings (SSSR count). The van der Waals surface area contributed by atoms with Crippen molar-refractivity contribution in [1.29, 1.82) is 0 Å². The van der Waals surface area contributed by atoms with Crippen LogP contribution in [0.2, 0.25) is 0 Å². The van der Waals surface area contributed by atoms with Gasteiger partial charge >= 0.3 is 0 Å². The monoisotopic (exact) mass is 226 g/mol. The molecule has 2 atom stereocenters. The van der Waals surface area contributed by atoms with Crippen molar-refractivity contribution in [3.63, 3.8) is 0 Å². The molecule has 16 heavy (non-hydrogen) atoms. The van der Waals surface area contributed by atoms with Crippen LogP contribution in [0, 0.1) is 23.2 Å². The van der Waals surface area contributed by atoms with Crippen LogP contribution in [0.15, 0.2) is 0 Å². The van der Waals surface area contributed by atoms with Gasteiger partial charge in [-0.05, 0) is 29.6 Å². The molecule has 0 radical (unpaired) electrons. The lowest BCUT2D eigenvalue weighted by Gasteiger charge is -2.27. The average molecular weight is 226 g/mol.